The number of benzene rings is 1. The maximum absolute atomic E-state index is 8.85. The minimum atomic E-state index is 0.0267. The van der Waals surface area contributed by atoms with Crippen LogP contribution in [0.25, 0.3) is 0 Å². The van der Waals surface area contributed by atoms with Crippen LogP contribution >= 0.6 is 15.9 Å². The highest BCUT2D eigenvalue weighted by atomic mass is 79.9. The molecule has 0 spiro atoms. The molecule has 0 heterocycles. The lowest BCUT2D eigenvalue weighted by atomic mass is 10.1. The normalized spacial score (nSPS) is 15.3. The monoisotopic (exact) mass is 339 g/mol. The maximum atomic E-state index is 8.85. The number of nitrogens with zero attached hydrogens (tertiary/aromatic N) is 1. The Labute approximate surface area is 127 Å². The van der Waals surface area contributed by atoms with Crippen LogP contribution in [0.1, 0.15) is 24.8 Å². The van der Waals surface area contributed by atoms with E-state index >= 15 is 0 Å². The molecule has 2 rings (SSSR count). The summed E-state index contributed by atoms with van der Waals surface area (Å²) in [5.74, 6) is 1.93. The van der Waals surface area contributed by atoms with Crippen molar-refractivity contribution < 1.29 is 14.2 Å². The van der Waals surface area contributed by atoms with Gasteiger partial charge in [-0.3, -0.25) is 0 Å². The first-order valence-corrected chi connectivity index (χ1v) is 7.61. The summed E-state index contributed by atoms with van der Waals surface area (Å²) in [5, 5.41) is 9.57. The predicted octanol–water partition coefficient (Wildman–Crippen LogP) is 3.67. The van der Waals surface area contributed by atoms with Crippen LogP contribution in [-0.2, 0) is 5.33 Å². The van der Waals surface area contributed by atoms with Crippen molar-refractivity contribution in [2.24, 2.45) is 5.41 Å². The number of rotatable bonds is 7. The number of nitriles is 1. The fourth-order valence-electron chi connectivity index (χ4n) is 2.10. The Kier molecular flexibility index (Phi) is 4.77. The molecule has 0 radical (unpaired) electrons. The summed E-state index contributed by atoms with van der Waals surface area (Å²) < 4.78 is 16.7. The van der Waals surface area contributed by atoms with Gasteiger partial charge in [0.15, 0.2) is 11.5 Å². The molecule has 0 bridgehead atoms. The summed E-state index contributed by atoms with van der Waals surface area (Å²) in [6.07, 6.45) is 2.63. The second kappa shape index (κ2) is 6.36. The van der Waals surface area contributed by atoms with Gasteiger partial charge >= 0.3 is 0 Å². The molecule has 1 aliphatic rings. The van der Waals surface area contributed by atoms with Crippen LogP contribution in [0.15, 0.2) is 12.1 Å². The second-order valence-electron chi connectivity index (χ2n) is 5.09. The van der Waals surface area contributed by atoms with E-state index in [9.17, 15) is 0 Å². The Morgan fingerprint density at radius 2 is 1.85 bits per heavy atom. The summed E-state index contributed by atoms with van der Waals surface area (Å²) in [7, 11) is 3.23. The van der Waals surface area contributed by atoms with Gasteiger partial charge in [0, 0.05) is 17.2 Å². The van der Waals surface area contributed by atoms with Crippen molar-refractivity contribution >= 4 is 15.9 Å². The van der Waals surface area contributed by atoms with E-state index in [1.807, 2.05) is 12.1 Å². The first-order valence-electron chi connectivity index (χ1n) is 6.48. The molecule has 1 aromatic rings. The van der Waals surface area contributed by atoms with Gasteiger partial charge in [0.1, 0.15) is 0 Å². The molecular formula is C15H18BrNO3. The molecule has 1 saturated carbocycles. The van der Waals surface area contributed by atoms with Crippen LogP contribution in [0, 0.1) is 16.7 Å². The SMILES string of the molecule is COc1cc(CBr)cc(OC)c1OCC1(CC#N)CC1. The van der Waals surface area contributed by atoms with E-state index in [0.29, 0.717) is 30.3 Å². The fourth-order valence-corrected chi connectivity index (χ4v) is 2.42. The number of hydrogen-bond acceptors (Lipinski definition) is 4. The first-order chi connectivity index (χ1) is 9.68. The van der Waals surface area contributed by atoms with E-state index in [1.165, 1.54) is 0 Å². The molecule has 0 aromatic heterocycles. The molecule has 0 amide bonds. The molecular weight excluding hydrogens is 322 g/mol. The molecule has 0 aliphatic heterocycles. The van der Waals surface area contributed by atoms with E-state index in [4.69, 9.17) is 19.5 Å². The Morgan fingerprint density at radius 1 is 1.25 bits per heavy atom. The van der Waals surface area contributed by atoms with Crippen LogP contribution in [0.5, 0.6) is 17.2 Å². The highest BCUT2D eigenvalue weighted by Crippen LogP contribution is 2.50. The molecule has 108 valence electrons. The van der Waals surface area contributed by atoms with Crippen molar-refractivity contribution in [1.29, 1.82) is 5.26 Å². The molecule has 0 saturated heterocycles. The summed E-state index contributed by atoms with van der Waals surface area (Å²) in [4.78, 5) is 0. The third-order valence-electron chi connectivity index (χ3n) is 3.61. The van der Waals surface area contributed by atoms with Crippen molar-refractivity contribution in [2.75, 3.05) is 20.8 Å². The number of alkyl halides is 1. The zero-order valence-electron chi connectivity index (χ0n) is 11.7. The van der Waals surface area contributed by atoms with Gasteiger partial charge in [-0.15, -0.1) is 0 Å². The largest absolute Gasteiger partial charge is 0.493 e. The Morgan fingerprint density at radius 3 is 2.25 bits per heavy atom. The van der Waals surface area contributed by atoms with E-state index in [-0.39, 0.29) is 5.41 Å². The average Bonchev–Trinajstić information content (AvgIpc) is 3.24. The maximum Gasteiger partial charge on any atom is 0.203 e. The fraction of sp³-hybridized carbons (Fsp3) is 0.533. The van der Waals surface area contributed by atoms with Gasteiger partial charge < -0.3 is 14.2 Å². The lowest BCUT2D eigenvalue weighted by Gasteiger charge is -2.18. The smallest absolute Gasteiger partial charge is 0.203 e. The van der Waals surface area contributed by atoms with Crippen molar-refractivity contribution in [3.63, 3.8) is 0 Å². The van der Waals surface area contributed by atoms with Gasteiger partial charge in [-0.1, -0.05) is 15.9 Å². The number of halogens is 1. The lowest BCUT2D eigenvalue weighted by Crippen LogP contribution is -2.13. The summed E-state index contributed by atoms with van der Waals surface area (Å²) in [6.45, 7) is 0.529. The standard InChI is InChI=1S/C15H18BrNO3/c1-18-12-7-11(9-16)8-13(19-2)14(12)20-10-15(3-4-15)5-6-17/h7-8H,3-5,9-10H2,1-2H3. The quantitative estimate of drug-likeness (QED) is 0.711. The average molecular weight is 340 g/mol. The summed E-state index contributed by atoms with van der Waals surface area (Å²) in [5.41, 5.74) is 1.09. The minimum absolute atomic E-state index is 0.0267. The van der Waals surface area contributed by atoms with Crippen LogP contribution in [-0.4, -0.2) is 20.8 Å². The van der Waals surface area contributed by atoms with E-state index in [2.05, 4.69) is 22.0 Å². The predicted molar refractivity (Wildman–Crippen MR) is 79.6 cm³/mol. The third-order valence-corrected chi connectivity index (χ3v) is 4.26. The van der Waals surface area contributed by atoms with E-state index in [0.717, 1.165) is 23.7 Å². The van der Waals surface area contributed by atoms with Crippen molar-refractivity contribution in [3.05, 3.63) is 17.7 Å². The van der Waals surface area contributed by atoms with Crippen molar-refractivity contribution in [3.8, 4) is 23.3 Å². The van der Waals surface area contributed by atoms with Crippen LogP contribution < -0.4 is 14.2 Å². The molecule has 0 N–H and O–H groups in total. The number of methoxy groups -OCH3 is 2. The Bertz CT molecular complexity index is 495. The van der Waals surface area contributed by atoms with Gasteiger partial charge in [0.2, 0.25) is 5.75 Å². The molecule has 0 unspecified atom stereocenters. The highest BCUT2D eigenvalue weighted by molar-refractivity contribution is 9.08. The van der Waals surface area contributed by atoms with E-state index < -0.39 is 0 Å². The van der Waals surface area contributed by atoms with Crippen molar-refractivity contribution in [1.82, 2.24) is 0 Å². The Balaban J connectivity index is 2.19. The van der Waals surface area contributed by atoms with Gasteiger partial charge in [0.05, 0.1) is 26.9 Å². The number of hydrogen-bond donors (Lipinski definition) is 0. The third kappa shape index (κ3) is 3.18. The molecule has 1 fully saturated rings. The minimum Gasteiger partial charge on any atom is -0.493 e. The molecule has 20 heavy (non-hydrogen) atoms. The second-order valence-corrected chi connectivity index (χ2v) is 5.65. The molecule has 4 nitrogen and oxygen atoms in total. The van der Waals surface area contributed by atoms with Gasteiger partial charge in [-0.25, -0.2) is 0 Å². The van der Waals surface area contributed by atoms with Gasteiger partial charge in [-0.05, 0) is 30.5 Å². The highest BCUT2D eigenvalue weighted by Gasteiger charge is 2.43. The topological polar surface area (TPSA) is 51.5 Å². The first kappa shape index (κ1) is 15.0. The molecule has 5 heteroatoms. The Hall–Kier alpha value is -1.41. The molecule has 0 atom stereocenters. The van der Waals surface area contributed by atoms with Crippen LogP contribution in [0.3, 0.4) is 0 Å². The van der Waals surface area contributed by atoms with Crippen molar-refractivity contribution in [2.45, 2.75) is 24.6 Å². The summed E-state index contributed by atoms with van der Waals surface area (Å²) in [6, 6.07) is 6.09. The molecule has 1 aromatic carbocycles. The zero-order valence-corrected chi connectivity index (χ0v) is 13.3. The van der Waals surface area contributed by atoms with Crippen LogP contribution in [0.2, 0.25) is 0 Å². The number of ether oxygens (including phenoxy) is 3. The van der Waals surface area contributed by atoms with Crippen LogP contribution in [0.4, 0.5) is 0 Å². The van der Waals surface area contributed by atoms with E-state index in [1.54, 1.807) is 14.2 Å². The molecule has 1 aliphatic carbocycles. The lowest BCUT2D eigenvalue weighted by molar-refractivity contribution is 0.217. The summed E-state index contributed by atoms with van der Waals surface area (Å²) >= 11 is 3.42. The zero-order chi connectivity index (χ0) is 14.6. The van der Waals surface area contributed by atoms with Gasteiger partial charge in [0.25, 0.3) is 0 Å². The van der Waals surface area contributed by atoms with Gasteiger partial charge in [-0.2, -0.15) is 5.26 Å².